The first-order valence-corrected chi connectivity index (χ1v) is 4.25. The third kappa shape index (κ3) is 23800. The molecule has 0 rings (SSSR count). The Morgan fingerprint density at radius 3 is 0.909 bits per heavy atom. The SMILES string of the molecule is O=[N+]([O-])[O-].O=[N+]([O-])[O-].[Cu+2].[Cu][I]. The zero-order valence-corrected chi connectivity index (χ0v) is 8.37. The van der Waals surface area contributed by atoms with Crippen molar-refractivity contribution in [2.75, 3.05) is 0 Å². The molecule has 0 aromatic carbocycles. The van der Waals surface area contributed by atoms with Crippen molar-refractivity contribution in [2.45, 2.75) is 0 Å². The zero-order valence-electron chi connectivity index (χ0n) is 4.32. The van der Waals surface area contributed by atoms with E-state index in [0.29, 0.717) is 0 Å². The Balaban J connectivity index is -0.0000000339. The van der Waals surface area contributed by atoms with Gasteiger partial charge in [-0.3, -0.25) is 0 Å². The van der Waals surface area contributed by atoms with Gasteiger partial charge in [0.2, 0.25) is 0 Å². The molecule has 0 saturated heterocycles. The number of nitrogens with zero attached hydrogens (tertiary/aromatic N) is 2. The van der Waals surface area contributed by atoms with E-state index in [-0.39, 0.29) is 17.1 Å². The van der Waals surface area contributed by atoms with Crippen molar-refractivity contribution in [2.24, 2.45) is 0 Å². The summed E-state index contributed by atoms with van der Waals surface area (Å²) in [6, 6.07) is 0. The molecule has 0 aliphatic carbocycles. The van der Waals surface area contributed by atoms with E-state index in [1.54, 1.807) is 20.3 Å². The van der Waals surface area contributed by atoms with Crippen LogP contribution < -0.4 is 0 Å². The van der Waals surface area contributed by atoms with Crippen molar-refractivity contribution in [3.63, 3.8) is 0 Å². The molecule has 0 aliphatic heterocycles. The van der Waals surface area contributed by atoms with Gasteiger partial charge in [0.1, 0.15) is 0 Å². The molecule has 0 unspecified atom stereocenters. The van der Waals surface area contributed by atoms with Crippen molar-refractivity contribution in [3.05, 3.63) is 30.6 Å². The molecule has 0 spiro atoms. The molecule has 0 bridgehead atoms. The number of halogens is 1. The summed E-state index contributed by atoms with van der Waals surface area (Å²) < 4.78 is 0. The standard InChI is InChI=1S/2Cu.HI.2NO3/c;;;2*2-1(3)4/h;;1H;;/q+1;+2;;2*-1/p-1. The van der Waals surface area contributed by atoms with Crippen LogP contribution in [0.15, 0.2) is 0 Å². The molecular formula is Cu2IN2O6. The van der Waals surface area contributed by atoms with E-state index in [1.807, 2.05) is 0 Å². The second-order valence-electron chi connectivity index (χ2n) is 0.447. The molecule has 11 heteroatoms. The Morgan fingerprint density at radius 1 is 0.909 bits per heavy atom. The van der Waals surface area contributed by atoms with Crippen LogP contribution in [0.5, 0.6) is 0 Å². The van der Waals surface area contributed by atoms with E-state index < -0.39 is 10.2 Å². The fraction of sp³-hybridized carbons (Fsp3) is 0. The van der Waals surface area contributed by atoms with Gasteiger partial charge < -0.3 is 30.6 Å². The Bertz CT molecular complexity index is 76.6. The molecule has 0 fully saturated rings. The Labute approximate surface area is 90.6 Å². The molecule has 1 radical (unpaired) electrons. The van der Waals surface area contributed by atoms with Crippen LogP contribution in [0.25, 0.3) is 0 Å². The molecule has 11 heavy (non-hydrogen) atoms. The van der Waals surface area contributed by atoms with Gasteiger partial charge in [0.15, 0.2) is 0 Å². The topological polar surface area (TPSA) is 132 Å². The minimum atomic E-state index is -1.75. The normalized spacial score (nSPS) is 5.00. The van der Waals surface area contributed by atoms with Crippen LogP contribution in [-0.4, -0.2) is 10.2 Å². The van der Waals surface area contributed by atoms with Crippen molar-refractivity contribution in [1.82, 2.24) is 0 Å². The molecule has 0 amide bonds. The van der Waals surface area contributed by atoms with Crippen LogP contribution >= 0.6 is 20.3 Å². The van der Waals surface area contributed by atoms with Crippen molar-refractivity contribution >= 4 is 20.3 Å². The second-order valence-corrected chi connectivity index (χ2v) is 0.447. The monoisotopic (exact) mass is 377 g/mol. The summed E-state index contributed by atoms with van der Waals surface area (Å²) in [4.78, 5) is 16.5. The van der Waals surface area contributed by atoms with Gasteiger partial charge in [-0.25, -0.2) is 0 Å². The van der Waals surface area contributed by atoms with Crippen molar-refractivity contribution in [3.8, 4) is 0 Å². The predicted octanol–water partition coefficient (Wildman–Crippen LogP) is 0.402. The van der Waals surface area contributed by atoms with Crippen LogP contribution in [0.1, 0.15) is 0 Å². The van der Waals surface area contributed by atoms with Crippen molar-refractivity contribution < 1.29 is 40.0 Å². The van der Waals surface area contributed by atoms with Gasteiger partial charge in [0.25, 0.3) is 0 Å². The number of rotatable bonds is 0. The van der Waals surface area contributed by atoms with E-state index in [4.69, 9.17) is 30.6 Å². The van der Waals surface area contributed by atoms with Gasteiger partial charge in [-0.05, 0) is 0 Å². The summed E-state index contributed by atoms with van der Waals surface area (Å²) in [6.45, 7) is 0. The number of hydrogen-bond acceptors (Lipinski definition) is 6. The maximum absolute atomic E-state index is 8.25. The average molecular weight is 378 g/mol. The fourth-order valence-corrected chi connectivity index (χ4v) is 0. The van der Waals surface area contributed by atoms with E-state index in [0.717, 1.165) is 0 Å². The minimum absolute atomic E-state index is 0. The van der Waals surface area contributed by atoms with E-state index in [2.05, 4.69) is 12.8 Å². The first kappa shape index (κ1) is 22.5. The van der Waals surface area contributed by atoms with Crippen molar-refractivity contribution in [1.29, 1.82) is 0 Å². The molecule has 0 saturated carbocycles. The summed E-state index contributed by atoms with van der Waals surface area (Å²) in [5.74, 6) is 0. The van der Waals surface area contributed by atoms with Gasteiger partial charge in [-0.2, -0.15) is 0 Å². The van der Waals surface area contributed by atoms with Gasteiger partial charge in [0, 0.05) is 0 Å². The van der Waals surface area contributed by atoms with Crippen LogP contribution in [0.2, 0.25) is 0 Å². The average Bonchev–Trinajstić information content (AvgIpc) is 1.66. The van der Waals surface area contributed by atoms with Gasteiger partial charge in [0.05, 0.1) is 10.2 Å². The predicted molar refractivity (Wildman–Crippen MR) is 34.7 cm³/mol. The van der Waals surface area contributed by atoms with Gasteiger partial charge >= 0.3 is 50.2 Å². The number of hydrogen-bond donors (Lipinski definition) is 0. The Hall–Kier alpha value is 0.169. The van der Waals surface area contributed by atoms with E-state index in [9.17, 15) is 0 Å². The van der Waals surface area contributed by atoms with Crippen LogP contribution in [0, 0.1) is 30.6 Å². The van der Waals surface area contributed by atoms with Gasteiger partial charge in [-0.15, -0.1) is 0 Å². The fourth-order valence-electron chi connectivity index (χ4n) is 0. The van der Waals surface area contributed by atoms with Crippen LogP contribution in [0.3, 0.4) is 0 Å². The first-order chi connectivity index (χ1) is 4.46. The zero-order chi connectivity index (χ0) is 9.15. The molecule has 0 heterocycles. The summed E-state index contributed by atoms with van der Waals surface area (Å²) >= 11 is 5.87. The molecule has 0 N–H and O–H groups in total. The van der Waals surface area contributed by atoms with E-state index >= 15 is 0 Å². The molecule has 0 aliphatic rings. The molecule has 8 nitrogen and oxygen atoms in total. The van der Waals surface area contributed by atoms with Crippen LogP contribution in [-0.2, 0) is 29.8 Å². The third-order valence-corrected chi connectivity index (χ3v) is 0. The quantitative estimate of drug-likeness (QED) is 0.259. The molecule has 75 valence electrons. The molecule has 0 atom stereocenters. The Morgan fingerprint density at radius 2 is 0.909 bits per heavy atom. The van der Waals surface area contributed by atoms with E-state index in [1.165, 1.54) is 0 Å². The summed E-state index contributed by atoms with van der Waals surface area (Å²) in [7, 11) is 0. The third-order valence-electron chi connectivity index (χ3n) is 0. The second kappa shape index (κ2) is 22.5. The first-order valence-electron chi connectivity index (χ1n) is 1.21. The molecule has 0 aromatic rings. The maximum atomic E-state index is 8.25. The molecule has 0 aromatic heterocycles. The summed E-state index contributed by atoms with van der Waals surface area (Å²) in [6.07, 6.45) is 0. The molecular weight excluding hydrogens is 378 g/mol. The van der Waals surface area contributed by atoms with Crippen LogP contribution in [0.4, 0.5) is 0 Å². The Kier molecular flexibility index (Phi) is 45.9. The summed E-state index contributed by atoms with van der Waals surface area (Å²) in [5.41, 5.74) is 0. The summed E-state index contributed by atoms with van der Waals surface area (Å²) in [5, 5.41) is 29.5. The van der Waals surface area contributed by atoms with Gasteiger partial charge in [-0.1, -0.05) is 0 Å².